The van der Waals surface area contributed by atoms with Crippen LogP contribution in [0.2, 0.25) is 0 Å². The predicted molar refractivity (Wildman–Crippen MR) is 67.0 cm³/mol. The Balaban J connectivity index is 1.95. The van der Waals surface area contributed by atoms with E-state index in [9.17, 15) is 0 Å². The molecule has 0 amide bonds. The summed E-state index contributed by atoms with van der Waals surface area (Å²) < 4.78 is 6.88. The summed E-state index contributed by atoms with van der Waals surface area (Å²) in [5.74, 6) is 0.749. The van der Waals surface area contributed by atoms with Gasteiger partial charge in [-0.05, 0) is 6.92 Å². The van der Waals surface area contributed by atoms with Gasteiger partial charge in [-0.3, -0.25) is 9.97 Å². The van der Waals surface area contributed by atoms with Crippen molar-refractivity contribution < 1.29 is 4.74 Å². The van der Waals surface area contributed by atoms with Crippen molar-refractivity contribution in [1.82, 2.24) is 25.1 Å². The van der Waals surface area contributed by atoms with Gasteiger partial charge in [0.25, 0.3) is 0 Å². The molecule has 1 atom stereocenters. The van der Waals surface area contributed by atoms with E-state index in [-0.39, 0.29) is 6.04 Å². The number of nitrogens with zero attached hydrogens (tertiary/aromatic N) is 4. The fourth-order valence-electron chi connectivity index (χ4n) is 1.68. The summed E-state index contributed by atoms with van der Waals surface area (Å²) in [7, 11) is 3.49. The van der Waals surface area contributed by atoms with Crippen molar-refractivity contribution in [2.45, 2.75) is 19.5 Å². The molecule has 18 heavy (non-hydrogen) atoms. The smallest absolute Gasteiger partial charge is 0.211 e. The molecule has 0 saturated heterocycles. The monoisotopic (exact) mass is 247 g/mol. The minimum Gasteiger partial charge on any atom is -0.481 e. The molecule has 6 heteroatoms. The van der Waals surface area contributed by atoms with Crippen LogP contribution in [0.5, 0.6) is 5.88 Å². The van der Waals surface area contributed by atoms with Crippen LogP contribution in [0.25, 0.3) is 0 Å². The molecule has 0 aliphatic carbocycles. The molecule has 0 aliphatic heterocycles. The maximum atomic E-state index is 5.17. The Morgan fingerprint density at radius 2 is 2.28 bits per heavy atom. The average molecular weight is 247 g/mol. The van der Waals surface area contributed by atoms with Crippen LogP contribution in [0.4, 0.5) is 0 Å². The fourth-order valence-corrected chi connectivity index (χ4v) is 1.68. The number of hydrogen-bond acceptors (Lipinski definition) is 5. The first-order chi connectivity index (χ1) is 8.70. The number of aromatic nitrogens is 4. The molecular formula is C12H17N5O. The van der Waals surface area contributed by atoms with Crippen LogP contribution in [0.1, 0.15) is 24.4 Å². The van der Waals surface area contributed by atoms with Gasteiger partial charge in [0.15, 0.2) is 0 Å². The van der Waals surface area contributed by atoms with E-state index in [2.05, 4.69) is 20.4 Å². The Hall–Kier alpha value is -1.95. The first-order valence-corrected chi connectivity index (χ1v) is 5.77. The molecule has 1 unspecified atom stereocenters. The van der Waals surface area contributed by atoms with Gasteiger partial charge in [0.2, 0.25) is 5.88 Å². The van der Waals surface area contributed by atoms with E-state index in [4.69, 9.17) is 4.74 Å². The Kier molecular flexibility index (Phi) is 3.88. The number of aryl methyl sites for hydroxylation is 1. The molecular weight excluding hydrogens is 230 g/mol. The largest absolute Gasteiger partial charge is 0.481 e. The van der Waals surface area contributed by atoms with Gasteiger partial charge in [-0.1, -0.05) is 0 Å². The SMILES string of the molecule is COc1cc(CNC(C)c2cnccn2)nn1C. The number of nitrogens with one attached hydrogen (secondary N) is 1. The van der Waals surface area contributed by atoms with Crippen LogP contribution in [0.3, 0.4) is 0 Å². The van der Waals surface area contributed by atoms with Crippen LogP contribution in [-0.2, 0) is 13.6 Å². The van der Waals surface area contributed by atoms with Gasteiger partial charge in [0, 0.05) is 44.3 Å². The highest BCUT2D eigenvalue weighted by molar-refractivity contribution is 5.15. The summed E-state index contributed by atoms with van der Waals surface area (Å²) in [6, 6.07) is 2.04. The van der Waals surface area contributed by atoms with Crippen LogP contribution >= 0.6 is 0 Å². The Bertz CT molecular complexity index is 496. The highest BCUT2D eigenvalue weighted by Gasteiger charge is 2.09. The minimum absolute atomic E-state index is 0.131. The first kappa shape index (κ1) is 12.5. The molecule has 0 aliphatic rings. The summed E-state index contributed by atoms with van der Waals surface area (Å²) in [4.78, 5) is 8.30. The van der Waals surface area contributed by atoms with Crippen molar-refractivity contribution in [3.05, 3.63) is 36.0 Å². The van der Waals surface area contributed by atoms with E-state index in [1.54, 1.807) is 30.4 Å². The summed E-state index contributed by atoms with van der Waals surface area (Å²) >= 11 is 0. The highest BCUT2D eigenvalue weighted by atomic mass is 16.5. The molecule has 0 radical (unpaired) electrons. The van der Waals surface area contributed by atoms with Crippen molar-refractivity contribution in [1.29, 1.82) is 0 Å². The second-order valence-electron chi connectivity index (χ2n) is 4.03. The zero-order valence-electron chi connectivity index (χ0n) is 10.8. The van der Waals surface area contributed by atoms with Crippen molar-refractivity contribution in [3.8, 4) is 5.88 Å². The summed E-state index contributed by atoms with van der Waals surface area (Å²) in [5.41, 5.74) is 1.85. The zero-order chi connectivity index (χ0) is 13.0. The van der Waals surface area contributed by atoms with Gasteiger partial charge in [0.05, 0.1) is 18.5 Å². The third kappa shape index (κ3) is 2.84. The Labute approximate surface area is 106 Å². The molecule has 2 rings (SSSR count). The van der Waals surface area contributed by atoms with Gasteiger partial charge < -0.3 is 10.1 Å². The molecule has 6 nitrogen and oxygen atoms in total. The molecule has 0 bridgehead atoms. The molecule has 0 fully saturated rings. The second kappa shape index (κ2) is 5.59. The van der Waals surface area contributed by atoms with Crippen LogP contribution in [0.15, 0.2) is 24.7 Å². The van der Waals surface area contributed by atoms with Crippen LogP contribution in [-0.4, -0.2) is 26.9 Å². The lowest BCUT2D eigenvalue weighted by atomic mass is 10.2. The van der Waals surface area contributed by atoms with Crippen molar-refractivity contribution in [3.63, 3.8) is 0 Å². The van der Waals surface area contributed by atoms with Crippen LogP contribution in [0, 0.1) is 0 Å². The van der Waals surface area contributed by atoms with Gasteiger partial charge in [-0.25, -0.2) is 4.68 Å². The van der Waals surface area contributed by atoms with Crippen LogP contribution < -0.4 is 10.1 Å². The molecule has 96 valence electrons. The molecule has 2 heterocycles. The van der Waals surface area contributed by atoms with E-state index < -0.39 is 0 Å². The summed E-state index contributed by atoms with van der Waals surface area (Å²) in [6.07, 6.45) is 5.12. The molecule has 0 spiro atoms. The topological polar surface area (TPSA) is 64.9 Å². The standard InChI is InChI=1S/C12H17N5O/c1-9(11-8-13-4-5-14-11)15-7-10-6-12(18-3)17(2)16-10/h4-6,8-9,15H,7H2,1-3H3. The molecule has 1 N–H and O–H groups in total. The van der Waals surface area contributed by atoms with Crippen molar-refractivity contribution >= 4 is 0 Å². The lowest BCUT2D eigenvalue weighted by Gasteiger charge is -2.11. The van der Waals surface area contributed by atoms with E-state index in [1.807, 2.05) is 20.0 Å². The maximum absolute atomic E-state index is 5.17. The molecule has 2 aromatic rings. The summed E-state index contributed by atoms with van der Waals surface area (Å²) in [5, 5.41) is 7.69. The van der Waals surface area contributed by atoms with Gasteiger partial charge in [-0.2, -0.15) is 5.10 Å². The quantitative estimate of drug-likeness (QED) is 0.856. The minimum atomic E-state index is 0.131. The van der Waals surface area contributed by atoms with Gasteiger partial charge in [0.1, 0.15) is 0 Å². The summed E-state index contributed by atoms with van der Waals surface area (Å²) in [6.45, 7) is 2.71. The van der Waals surface area contributed by atoms with E-state index in [0.717, 1.165) is 17.3 Å². The molecule has 0 saturated carbocycles. The fraction of sp³-hybridized carbons (Fsp3) is 0.417. The number of ether oxygens (including phenoxy) is 1. The lowest BCUT2D eigenvalue weighted by Crippen LogP contribution is -2.19. The number of hydrogen-bond donors (Lipinski definition) is 1. The lowest BCUT2D eigenvalue weighted by molar-refractivity contribution is 0.373. The van der Waals surface area contributed by atoms with E-state index in [1.165, 1.54) is 0 Å². The van der Waals surface area contributed by atoms with Crippen molar-refractivity contribution in [2.75, 3.05) is 7.11 Å². The number of rotatable bonds is 5. The van der Waals surface area contributed by atoms with Gasteiger partial charge in [-0.15, -0.1) is 0 Å². The average Bonchev–Trinajstić information content (AvgIpc) is 2.77. The predicted octanol–water partition coefficient (Wildman–Crippen LogP) is 1.07. The van der Waals surface area contributed by atoms with E-state index >= 15 is 0 Å². The van der Waals surface area contributed by atoms with Gasteiger partial charge >= 0.3 is 0 Å². The third-order valence-electron chi connectivity index (χ3n) is 2.71. The highest BCUT2D eigenvalue weighted by Crippen LogP contribution is 2.12. The van der Waals surface area contributed by atoms with Crippen molar-refractivity contribution in [2.24, 2.45) is 7.05 Å². The molecule has 2 aromatic heterocycles. The Morgan fingerprint density at radius 3 is 2.89 bits per heavy atom. The first-order valence-electron chi connectivity index (χ1n) is 5.77. The number of methoxy groups -OCH3 is 1. The second-order valence-corrected chi connectivity index (χ2v) is 4.03. The van der Waals surface area contributed by atoms with E-state index in [0.29, 0.717) is 6.54 Å². The maximum Gasteiger partial charge on any atom is 0.211 e. The Morgan fingerprint density at radius 1 is 1.44 bits per heavy atom. The molecule has 0 aromatic carbocycles. The zero-order valence-corrected chi connectivity index (χ0v) is 10.8. The third-order valence-corrected chi connectivity index (χ3v) is 2.71. The normalized spacial score (nSPS) is 12.4.